The Morgan fingerprint density at radius 2 is 1.89 bits per heavy atom. The highest BCUT2D eigenvalue weighted by molar-refractivity contribution is 5.73. The zero-order valence-electron chi connectivity index (χ0n) is 11.6. The summed E-state index contributed by atoms with van der Waals surface area (Å²) in [7, 11) is 3.64. The van der Waals surface area contributed by atoms with Crippen LogP contribution in [0.4, 0.5) is 4.79 Å². The van der Waals surface area contributed by atoms with Gasteiger partial charge in [0.1, 0.15) is 0 Å². The average molecular weight is 254 g/mol. The van der Waals surface area contributed by atoms with E-state index in [-0.39, 0.29) is 6.03 Å². The standard InChI is InChI=1S/C13H26N4O/c1-15(2)13(18)16-8-5-11(6-9-16)17-7-3-4-12(17)10-14/h11-12H,3-10,14H2,1-2H3. The van der Waals surface area contributed by atoms with Crippen molar-refractivity contribution in [1.29, 1.82) is 0 Å². The average Bonchev–Trinajstić information content (AvgIpc) is 2.86. The van der Waals surface area contributed by atoms with Crippen molar-refractivity contribution >= 4 is 6.03 Å². The fourth-order valence-corrected chi connectivity index (χ4v) is 3.26. The molecule has 1 atom stereocenters. The topological polar surface area (TPSA) is 52.8 Å². The van der Waals surface area contributed by atoms with Gasteiger partial charge in [0, 0.05) is 45.8 Å². The largest absolute Gasteiger partial charge is 0.331 e. The van der Waals surface area contributed by atoms with Gasteiger partial charge in [0.05, 0.1) is 0 Å². The molecule has 18 heavy (non-hydrogen) atoms. The molecule has 2 saturated heterocycles. The molecule has 0 spiro atoms. The predicted molar refractivity (Wildman–Crippen MR) is 72.5 cm³/mol. The number of likely N-dealkylation sites (tertiary alicyclic amines) is 2. The lowest BCUT2D eigenvalue weighted by molar-refractivity contribution is 0.101. The monoisotopic (exact) mass is 254 g/mol. The third-order valence-corrected chi connectivity index (χ3v) is 4.28. The first kappa shape index (κ1) is 13.6. The van der Waals surface area contributed by atoms with E-state index in [1.54, 1.807) is 4.90 Å². The van der Waals surface area contributed by atoms with Crippen LogP contribution in [0, 0.1) is 0 Å². The molecule has 2 fully saturated rings. The molecule has 5 heteroatoms. The van der Waals surface area contributed by atoms with E-state index in [1.807, 2.05) is 19.0 Å². The quantitative estimate of drug-likeness (QED) is 0.783. The van der Waals surface area contributed by atoms with E-state index in [9.17, 15) is 4.79 Å². The Hall–Kier alpha value is -0.810. The number of rotatable bonds is 2. The number of hydrogen-bond donors (Lipinski definition) is 1. The van der Waals surface area contributed by atoms with Gasteiger partial charge in [-0.2, -0.15) is 0 Å². The van der Waals surface area contributed by atoms with Gasteiger partial charge in [-0.05, 0) is 32.2 Å². The number of nitrogens with two attached hydrogens (primary N) is 1. The Balaban J connectivity index is 1.85. The van der Waals surface area contributed by atoms with E-state index in [2.05, 4.69) is 4.90 Å². The van der Waals surface area contributed by atoms with E-state index >= 15 is 0 Å². The molecule has 2 heterocycles. The van der Waals surface area contributed by atoms with E-state index < -0.39 is 0 Å². The summed E-state index contributed by atoms with van der Waals surface area (Å²) in [6.45, 7) is 3.73. The molecule has 2 rings (SSSR count). The lowest BCUT2D eigenvalue weighted by Crippen LogP contribution is -2.51. The molecule has 0 aromatic rings. The van der Waals surface area contributed by atoms with E-state index in [4.69, 9.17) is 5.73 Å². The highest BCUT2D eigenvalue weighted by atomic mass is 16.2. The third-order valence-electron chi connectivity index (χ3n) is 4.28. The fourth-order valence-electron chi connectivity index (χ4n) is 3.26. The van der Waals surface area contributed by atoms with E-state index in [0.29, 0.717) is 12.1 Å². The smallest absolute Gasteiger partial charge is 0.319 e. The van der Waals surface area contributed by atoms with Gasteiger partial charge in [-0.1, -0.05) is 0 Å². The maximum absolute atomic E-state index is 11.9. The van der Waals surface area contributed by atoms with Crippen molar-refractivity contribution < 1.29 is 4.79 Å². The number of carbonyl (C=O) groups excluding carboxylic acids is 1. The molecule has 2 N–H and O–H groups in total. The first-order valence-corrected chi connectivity index (χ1v) is 7.05. The van der Waals surface area contributed by atoms with Crippen LogP contribution in [0.25, 0.3) is 0 Å². The number of urea groups is 1. The SMILES string of the molecule is CN(C)C(=O)N1CCC(N2CCCC2CN)CC1. The first-order chi connectivity index (χ1) is 8.63. The minimum atomic E-state index is 0.144. The van der Waals surface area contributed by atoms with Gasteiger partial charge in [0.25, 0.3) is 0 Å². The number of nitrogens with zero attached hydrogens (tertiary/aromatic N) is 3. The second-order valence-electron chi connectivity index (χ2n) is 5.66. The maximum Gasteiger partial charge on any atom is 0.319 e. The summed E-state index contributed by atoms with van der Waals surface area (Å²) in [5.41, 5.74) is 5.83. The van der Waals surface area contributed by atoms with Gasteiger partial charge in [-0.15, -0.1) is 0 Å². The van der Waals surface area contributed by atoms with Crippen LogP contribution in [-0.4, -0.2) is 73.1 Å². The second-order valence-corrected chi connectivity index (χ2v) is 5.66. The molecule has 2 aliphatic rings. The zero-order chi connectivity index (χ0) is 13.1. The van der Waals surface area contributed by atoms with Crippen LogP contribution in [-0.2, 0) is 0 Å². The minimum absolute atomic E-state index is 0.144. The molecule has 2 amide bonds. The van der Waals surface area contributed by atoms with Gasteiger partial charge >= 0.3 is 6.03 Å². The Morgan fingerprint density at radius 3 is 2.44 bits per heavy atom. The van der Waals surface area contributed by atoms with Crippen LogP contribution < -0.4 is 5.73 Å². The Morgan fingerprint density at radius 1 is 1.22 bits per heavy atom. The molecule has 104 valence electrons. The normalized spacial score (nSPS) is 26.6. The van der Waals surface area contributed by atoms with Gasteiger partial charge in [-0.3, -0.25) is 4.90 Å². The molecule has 0 aromatic carbocycles. The van der Waals surface area contributed by atoms with Crippen molar-refractivity contribution in [2.45, 2.75) is 37.8 Å². The Kier molecular flexibility index (Phi) is 4.45. The van der Waals surface area contributed by atoms with Gasteiger partial charge < -0.3 is 15.5 Å². The molecule has 2 aliphatic heterocycles. The number of amides is 2. The van der Waals surface area contributed by atoms with Gasteiger partial charge in [0.15, 0.2) is 0 Å². The van der Waals surface area contributed by atoms with Crippen LogP contribution in [0.3, 0.4) is 0 Å². The summed E-state index contributed by atoms with van der Waals surface area (Å²) in [5.74, 6) is 0. The van der Waals surface area contributed by atoms with Crippen molar-refractivity contribution in [2.75, 3.05) is 40.3 Å². The fraction of sp³-hybridized carbons (Fsp3) is 0.923. The van der Waals surface area contributed by atoms with Crippen molar-refractivity contribution in [3.05, 3.63) is 0 Å². The lowest BCUT2D eigenvalue weighted by atomic mass is 10.0. The molecule has 1 unspecified atom stereocenters. The zero-order valence-corrected chi connectivity index (χ0v) is 11.6. The summed E-state index contributed by atoms with van der Waals surface area (Å²) < 4.78 is 0. The van der Waals surface area contributed by atoms with Crippen molar-refractivity contribution in [1.82, 2.24) is 14.7 Å². The molecule has 5 nitrogen and oxygen atoms in total. The first-order valence-electron chi connectivity index (χ1n) is 7.05. The second kappa shape index (κ2) is 5.89. The molecular formula is C13H26N4O. The highest BCUT2D eigenvalue weighted by Crippen LogP contribution is 2.25. The van der Waals surface area contributed by atoms with Crippen LogP contribution in [0.1, 0.15) is 25.7 Å². The summed E-state index contributed by atoms with van der Waals surface area (Å²) in [6, 6.07) is 1.35. The van der Waals surface area contributed by atoms with Crippen molar-refractivity contribution in [3.63, 3.8) is 0 Å². The number of hydrogen-bond acceptors (Lipinski definition) is 3. The van der Waals surface area contributed by atoms with E-state index in [0.717, 1.165) is 32.5 Å². The summed E-state index contributed by atoms with van der Waals surface area (Å²) >= 11 is 0. The van der Waals surface area contributed by atoms with E-state index in [1.165, 1.54) is 19.4 Å². The van der Waals surface area contributed by atoms with Crippen molar-refractivity contribution in [3.8, 4) is 0 Å². The van der Waals surface area contributed by atoms with Crippen molar-refractivity contribution in [2.24, 2.45) is 5.73 Å². The molecular weight excluding hydrogens is 228 g/mol. The van der Waals surface area contributed by atoms with Crippen LogP contribution in [0.2, 0.25) is 0 Å². The Labute approximate surface area is 110 Å². The summed E-state index contributed by atoms with van der Waals surface area (Å²) in [5, 5.41) is 0. The van der Waals surface area contributed by atoms with Crippen LogP contribution in [0.15, 0.2) is 0 Å². The number of carbonyl (C=O) groups is 1. The third kappa shape index (κ3) is 2.78. The summed E-state index contributed by atoms with van der Waals surface area (Å²) in [6.07, 6.45) is 4.71. The summed E-state index contributed by atoms with van der Waals surface area (Å²) in [4.78, 5) is 18.1. The predicted octanol–water partition coefficient (Wildman–Crippen LogP) is 0.556. The molecule has 0 bridgehead atoms. The molecule has 0 aromatic heterocycles. The van der Waals surface area contributed by atoms with Gasteiger partial charge in [0.2, 0.25) is 0 Å². The maximum atomic E-state index is 11.9. The molecule has 0 saturated carbocycles. The van der Waals surface area contributed by atoms with Gasteiger partial charge in [-0.25, -0.2) is 4.79 Å². The molecule has 0 radical (unpaired) electrons. The Bertz CT molecular complexity index is 287. The van der Waals surface area contributed by atoms with Crippen LogP contribution >= 0.6 is 0 Å². The molecule has 0 aliphatic carbocycles. The lowest BCUT2D eigenvalue weighted by Gasteiger charge is -2.39. The van der Waals surface area contributed by atoms with Crippen LogP contribution in [0.5, 0.6) is 0 Å². The number of piperidine rings is 1. The minimum Gasteiger partial charge on any atom is -0.331 e. The highest BCUT2D eigenvalue weighted by Gasteiger charge is 2.33.